The Morgan fingerprint density at radius 1 is 1.21 bits per heavy atom. The van der Waals surface area contributed by atoms with Gasteiger partial charge in [0.25, 0.3) is 0 Å². The molecule has 0 aromatic heterocycles. The molecule has 2 heteroatoms. The number of hydrogen-bond acceptors (Lipinski definition) is 1. The standard InChI is InChI=1S/C12H14OS/c1-10-6-8-12(9-7-10)14(13)11-4-2-3-5-11/h4,6-9H,2-3,5H2,1H3. The van der Waals surface area contributed by atoms with E-state index in [2.05, 4.69) is 6.08 Å². The fourth-order valence-corrected chi connectivity index (χ4v) is 2.91. The van der Waals surface area contributed by atoms with Gasteiger partial charge in [0, 0.05) is 9.80 Å². The number of rotatable bonds is 2. The second-order valence-corrected chi connectivity index (χ2v) is 5.18. The molecule has 0 amide bonds. The fraction of sp³-hybridized carbons (Fsp3) is 0.333. The fourth-order valence-electron chi connectivity index (χ4n) is 1.62. The molecular formula is C12H14OS. The van der Waals surface area contributed by atoms with Gasteiger partial charge in [-0.2, -0.15) is 0 Å². The molecule has 1 unspecified atom stereocenters. The Labute approximate surface area is 87.3 Å². The summed E-state index contributed by atoms with van der Waals surface area (Å²) < 4.78 is 12.0. The lowest BCUT2D eigenvalue weighted by Crippen LogP contribution is -1.93. The molecular weight excluding hydrogens is 192 g/mol. The van der Waals surface area contributed by atoms with Crippen molar-refractivity contribution in [1.82, 2.24) is 0 Å². The minimum Gasteiger partial charge on any atom is -0.249 e. The van der Waals surface area contributed by atoms with E-state index in [1.807, 2.05) is 31.2 Å². The summed E-state index contributed by atoms with van der Waals surface area (Å²) in [4.78, 5) is 2.04. The molecule has 0 fully saturated rings. The van der Waals surface area contributed by atoms with Crippen LogP contribution in [0.25, 0.3) is 0 Å². The average Bonchev–Trinajstić information content (AvgIpc) is 2.71. The Bertz CT molecular complexity index is 376. The summed E-state index contributed by atoms with van der Waals surface area (Å²) in [5.74, 6) is 0. The van der Waals surface area contributed by atoms with Gasteiger partial charge in [0.15, 0.2) is 0 Å². The molecule has 0 radical (unpaired) electrons. The van der Waals surface area contributed by atoms with Gasteiger partial charge in [0.05, 0.1) is 10.8 Å². The van der Waals surface area contributed by atoms with Crippen molar-refractivity contribution in [2.75, 3.05) is 0 Å². The zero-order valence-electron chi connectivity index (χ0n) is 8.32. The second kappa shape index (κ2) is 4.09. The first kappa shape index (κ1) is 9.66. The molecule has 0 spiro atoms. The topological polar surface area (TPSA) is 17.1 Å². The third-order valence-electron chi connectivity index (χ3n) is 2.47. The van der Waals surface area contributed by atoms with Gasteiger partial charge in [-0.25, -0.2) is 4.21 Å². The Balaban J connectivity index is 2.22. The third-order valence-corrected chi connectivity index (χ3v) is 4.02. The summed E-state index contributed by atoms with van der Waals surface area (Å²) in [5, 5.41) is 0. The summed E-state index contributed by atoms with van der Waals surface area (Å²) in [6, 6.07) is 7.96. The van der Waals surface area contributed by atoms with E-state index >= 15 is 0 Å². The van der Waals surface area contributed by atoms with Crippen LogP contribution in [0.2, 0.25) is 0 Å². The monoisotopic (exact) mass is 206 g/mol. The Morgan fingerprint density at radius 2 is 1.93 bits per heavy atom. The molecule has 14 heavy (non-hydrogen) atoms. The average molecular weight is 206 g/mol. The maximum atomic E-state index is 12.0. The first-order chi connectivity index (χ1) is 6.77. The number of benzene rings is 1. The lowest BCUT2D eigenvalue weighted by atomic mass is 10.2. The van der Waals surface area contributed by atoms with Gasteiger partial charge in [0.2, 0.25) is 0 Å². The summed E-state index contributed by atoms with van der Waals surface area (Å²) in [7, 11) is -0.906. The highest BCUT2D eigenvalue weighted by molar-refractivity contribution is 7.89. The second-order valence-electron chi connectivity index (χ2n) is 3.64. The largest absolute Gasteiger partial charge is 0.249 e. The molecule has 2 rings (SSSR count). The molecule has 74 valence electrons. The number of allylic oxidation sites excluding steroid dienone is 2. The SMILES string of the molecule is Cc1ccc(S(=O)C2=CCCC2)cc1. The van der Waals surface area contributed by atoms with Crippen LogP contribution in [0.4, 0.5) is 0 Å². The number of aryl methyl sites for hydroxylation is 1. The van der Waals surface area contributed by atoms with Gasteiger partial charge < -0.3 is 0 Å². The molecule has 0 saturated carbocycles. The maximum Gasteiger partial charge on any atom is 0.0805 e. The van der Waals surface area contributed by atoms with Crippen molar-refractivity contribution in [2.45, 2.75) is 31.1 Å². The van der Waals surface area contributed by atoms with Crippen molar-refractivity contribution in [2.24, 2.45) is 0 Å². The van der Waals surface area contributed by atoms with E-state index in [0.29, 0.717) is 0 Å². The molecule has 0 aliphatic heterocycles. The maximum absolute atomic E-state index is 12.0. The van der Waals surface area contributed by atoms with Crippen LogP contribution in [-0.4, -0.2) is 4.21 Å². The van der Waals surface area contributed by atoms with Gasteiger partial charge in [-0.1, -0.05) is 23.8 Å². The van der Waals surface area contributed by atoms with Crippen molar-refractivity contribution in [3.05, 3.63) is 40.8 Å². The van der Waals surface area contributed by atoms with E-state index in [-0.39, 0.29) is 0 Å². The van der Waals surface area contributed by atoms with Gasteiger partial charge in [-0.15, -0.1) is 0 Å². The lowest BCUT2D eigenvalue weighted by Gasteiger charge is -2.02. The van der Waals surface area contributed by atoms with E-state index < -0.39 is 10.8 Å². The summed E-state index contributed by atoms with van der Waals surface area (Å²) in [5.41, 5.74) is 1.21. The molecule has 1 aliphatic carbocycles. The first-order valence-corrected chi connectivity index (χ1v) is 6.10. The van der Waals surface area contributed by atoms with Crippen LogP contribution in [-0.2, 0) is 10.8 Å². The summed E-state index contributed by atoms with van der Waals surface area (Å²) >= 11 is 0. The molecule has 0 heterocycles. The highest BCUT2D eigenvalue weighted by Gasteiger charge is 2.13. The molecule has 0 bridgehead atoms. The Morgan fingerprint density at radius 3 is 2.50 bits per heavy atom. The predicted molar refractivity (Wildman–Crippen MR) is 59.5 cm³/mol. The molecule has 1 nitrogen and oxygen atoms in total. The van der Waals surface area contributed by atoms with Crippen LogP contribution in [0.5, 0.6) is 0 Å². The van der Waals surface area contributed by atoms with Crippen molar-refractivity contribution < 1.29 is 4.21 Å². The highest BCUT2D eigenvalue weighted by Crippen LogP contribution is 2.25. The van der Waals surface area contributed by atoms with Gasteiger partial charge in [0.1, 0.15) is 0 Å². The minimum atomic E-state index is -0.906. The minimum absolute atomic E-state index is 0.906. The van der Waals surface area contributed by atoms with Crippen LogP contribution in [0.3, 0.4) is 0 Å². The number of hydrogen-bond donors (Lipinski definition) is 0. The molecule has 1 aromatic carbocycles. The van der Waals surface area contributed by atoms with E-state index in [1.165, 1.54) is 5.56 Å². The van der Waals surface area contributed by atoms with Crippen LogP contribution in [0.15, 0.2) is 40.1 Å². The van der Waals surface area contributed by atoms with Gasteiger partial charge in [-0.05, 0) is 38.3 Å². The van der Waals surface area contributed by atoms with Crippen LogP contribution < -0.4 is 0 Å². The van der Waals surface area contributed by atoms with Crippen molar-refractivity contribution in [1.29, 1.82) is 0 Å². The van der Waals surface area contributed by atoms with E-state index in [1.54, 1.807) is 0 Å². The van der Waals surface area contributed by atoms with Crippen LogP contribution >= 0.6 is 0 Å². The van der Waals surface area contributed by atoms with Crippen molar-refractivity contribution in [3.63, 3.8) is 0 Å². The zero-order valence-corrected chi connectivity index (χ0v) is 9.14. The Hall–Kier alpha value is -0.890. The molecule has 1 aliphatic rings. The van der Waals surface area contributed by atoms with Crippen molar-refractivity contribution in [3.8, 4) is 0 Å². The van der Waals surface area contributed by atoms with Gasteiger partial charge >= 0.3 is 0 Å². The van der Waals surface area contributed by atoms with E-state index in [0.717, 1.165) is 29.1 Å². The Kier molecular flexibility index (Phi) is 2.82. The molecule has 1 aromatic rings. The molecule has 0 saturated heterocycles. The highest BCUT2D eigenvalue weighted by atomic mass is 32.2. The predicted octanol–water partition coefficient (Wildman–Crippen LogP) is 3.17. The lowest BCUT2D eigenvalue weighted by molar-refractivity contribution is 0.685. The first-order valence-electron chi connectivity index (χ1n) is 4.95. The van der Waals surface area contributed by atoms with Crippen molar-refractivity contribution >= 4 is 10.8 Å². The summed E-state index contributed by atoms with van der Waals surface area (Å²) in [6.07, 6.45) is 5.37. The van der Waals surface area contributed by atoms with Crippen LogP contribution in [0.1, 0.15) is 24.8 Å². The van der Waals surface area contributed by atoms with E-state index in [9.17, 15) is 4.21 Å². The zero-order chi connectivity index (χ0) is 9.97. The molecule has 1 atom stereocenters. The van der Waals surface area contributed by atoms with Crippen LogP contribution in [0, 0.1) is 6.92 Å². The summed E-state index contributed by atoms with van der Waals surface area (Å²) in [6.45, 7) is 2.04. The third kappa shape index (κ3) is 1.95. The van der Waals surface area contributed by atoms with E-state index in [4.69, 9.17) is 0 Å². The van der Waals surface area contributed by atoms with Gasteiger partial charge in [-0.3, -0.25) is 0 Å². The quantitative estimate of drug-likeness (QED) is 0.726. The molecule has 0 N–H and O–H groups in total. The normalized spacial score (nSPS) is 17.9. The smallest absolute Gasteiger partial charge is 0.0805 e.